The second kappa shape index (κ2) is 9.10. The summed E-state index contributed by atoms with van der Waals surface area (Å²) in [5.74, 6) is -0.0422. The van der Waals surface area contributed by atoms with Crippen molar-refractivity contribution in [1.29, 1.82) is 0 Å². The second-order valence-electron chi connectivity index (χ2n) is 5.51. The number of hydrogen-bond donors (Lipinski definition) is 2. The standard InChI is InChI=1S/C18H26N4O/c1-3-10-19-11-12-20-18(23)16-13-21-22(17(16)4-2)14-15-8-6-5-7-9-15/h5-9,13,19H,3-4,10-12,14H2,1-2H3,(H,20,23). The Kier molecular flexibility index (Phi) is 6.81. The van der Waals surface area contributed by atoms with Crippen molar-refractivity contribution >= 4 is 5.91 Å². The molecule has 0 aliphatic rings. The average Bonchev–Trinajstić information content (AvgIpc) is 2.98. The largest absolute Gasteiger partial charge is 0.351 e. The number of carbonyl (C=O) groups excluding carboxylic acids is 1. The van der Waals surface area contributed by atoms with E-state index in [9.17, 15) is 4.79 Å². The minimum absolute atomic E-state index is 0.0422. The fraction of sp³-hybridized carbons (Fsp3) is 0.444. The molecule has 0 atom stereocenters. The van der Waals surface area contributed by atoms with Crippen molar-refractivity contribution < 1.29 is 4.79 Å². The highest BCUT2D eigenvalue weighted by Crippen LogP contribution is 2.12. The van der Waals surface area contributed by atoms with Crippen LogP contribution in [-0.2, 0) is 13.0 Å². The number of nitrogens with zero attached hydrogens (tertiary/aromatic N) is 2. The molecule has 2 rings (SSSR count). The Hall–Kier alpha value is -2.14. The molecule has 1 heterocycles. The molecule has 0 aliphatic carbocycles. The van der Waals surface area contributed by atoms with Crippen LogP contribution >= 0.6 is 0 Å². The van der Waals surface area contributed by atoms with Gasteiger partial charge in [0.15, 0.2) is 0 Å². The molecule has 1 amide bonds. The number of nitrogens with one attached hydrogen (secondary N) is 2. The van der Waals surface area contributed by atoms with Gasteiger partial charge in [0.25, 0.3) is 5.91 Å². The summed E-state index contributed by atoms with van der Waals surface area (Å²) >= 11 is 0. The Balaban J connectivity index is 1.98. The third-order valence-corrected chi connectivity index (χ3v) is 3.72. The summed E-state index contributed by atoms with van der Waals surface area (Å²) in [7, 11) is 0. The van der Waals surface area contributed by atoms with E-state index in [1.165, 1.54) is 5.56 Å². The first-order chi connectivity index (χ1) is 11.3. The molecule has 2 N–H and O–H groups in total. The smallest absolute Gasteiger partial charge is 0.254 e. The van der Waals surface area contributed by atoms with E-state index in [0.717, 1.165) is 31.6 Å². The predicted molar refractivity (Wildman–Crippen MR) is 92.6 cm³/mol. The third-order valence-electron chi connectivity index (χ3n) is 3.72. The van der Waals surface area contributed by atoms with Gasteiger partial charge in [-0.3, -0.25) is 9.48 Å². The van der Waals surface area contributed by atoms with Crippen molar-refractivity contribution in [2.24, 2.45) is 0 Å². The average molecular weight is 314 g/mol. The van der Waals surface area contributed by atoms with Crippen molar-refractivity contribution in [3.05, 3.63) is 53.3 Å². The van der Waals surface area contributed by atoms with E-state index in [2.05, 4.69) is 41.7 Å². The molecule has 0 saturated heterocycles. The third kappa shape index (κ3) is 4.93. The molecule has 23 heavy (non-hydrogen) atoms. The van der Waals surface area contributed by atoms with Crippen LogP contribution in [0.3, 0.4) is 0 Å². The first kappa shape index (κ1) is 17.2. The highest BCUT2D eigenvalue weighted by molar-refractivity contribution is 5.95. The summed E-state index contributed by atoms with van der Waals surface area (Å²) in [5.41, 5.74) is 2.84. The van der Waals surface area contributed by atoms with E-state index in [-0.39, 0.29) is 5.91 Å². The molecule has 0 bridgehead atoms. The lowest BCUT2D eigenvalue weighted by Gasteiger charge is -2.09. The lowest BCUT2D eigenvalue weighted by Crippen LogP contribution is -2.32. The van der Waals surface area contributed by atoms with Crippen molar-refractivity contribution in [2.45, 2.75) is 33.2 Å². The van der Waals surface area contributed by atoms with Crippen LogP contribution in [0.25, 0.3) is 0 Å². The SMILES string of the molecule is CCCNCCNC(=O)c1cnn(Cc2ccccc2)c1CC. The van der Waals surface area contributed by atoms with E-state index in [0.29, 0.717) is 18.7 Å². The van der Waals surface area contributed by atoms with Gasteiger partial charge in [0.1, 0.15) is 0 Å². The van der Waals surface area contributed by atoms with Gasteiger partial charge in [0.05, 0.1) is 24.0 Å². The first-order valence-corrected chi connectivity index (χ1v) is 8.33. The van der Waals surface area contributed by atoms with Crippen LogP contribution in [0.5, 0.6) is 0 Å². The van der Waals surface area contributed by atoms with Gasteiger partial charge >= 0.3 is 0 Å². The molecule has 5 nitrogen and oxygen atoms in total. The van der Waals surface area contributed by atoms with Crippen LogP contribution in [-0.4, -0.2) is 35.3 Å². The summed E-state index contributed by atoms with van der Waals surface area (Å²) in [6, 6.07) is 10.2. The van der Waals surface area contributed by atoms with Crippen LogP contribution in [0.15, 0.2) is 36.5 Å². The number of carbonyl (C=O) groups is 1. The maximum atomic E-state index is 12.3. The molecule has 1 aromatic heterocycles. The Morgan fingerprint density at radius 3 is 2.61 bits per heavy atom. The molecule has 5 heteroatoms. The first-order valence-electron chi connectivity index (χ1n) is 8.33. The highest BCUT2D eigenvalue weighted by Gasteiger charge is 2.15. The van der Waals surface area contributed by atoms with E-state index >= 15 is 0 Å². The van der Waals surface area contributed by atoms with Gasteiger partial charge in [-0.1, -0.05) is 44.2 Å². The summed E-state index contributed by atoms with van der Waals surface area (Å²) in [6.07, 6.45) is 3.56. The Morgan fingerprint density at radius 2 is 1.91 bits per heavy atom. The molecule has 1 aromatic carbocycles. The molecule has 0 unspecified atom stereocenters. The van der Waals surface area contributed by atoms with Gasteiger partial charge in [-0.15, -0.1) is 0 Å². The zero-order chi connectivity index (χ0) is 16.5. The number of aromatic nitrogens is 2. The fourth-order valence-corrected chi connectivity index (χ4v) is 2.53. The maximum absolute atomic E-state index is 12.3. The van der Waals surface area contributed by atoms with E-state index < -0.39 is 0 Å². The van der Waals surface area contributed by atoms with Crippen molar-refractivity contribution in [3.8, 4) is 0 Å². The van der Waals surface area contributed by atoms with Crippen LogP contribution in [0.1, 0.15) is 41.9 Å². The number of benzene rings is 1. The molecular formula is C18H26N4O. The number of hydrogen-bond acceptors (Lipinski definition) is 3. The topological polar surface area (TPSA) is 58.9 Å². The van der Waals surface area contributed by atoms with Crippen LogP contribution in [0, 0.1) is 0 Å². The van der Waals surface area contributed by atoms with Gasteiger partial charge < -0.3 is 10.6 Å². The van der Waals surface area contributed by atoms with Crippen molar-refractivity contribution in [3.63, 3.8) is 0 Å². The van der Waals surface area contributed by atoms with E-state index in [1.807, 2.05) is 22.9 Å². The second-order valence-corrected chi connectivity index (χ2v) is 5.51. The molecule has 0 radical (unpaired) electrons. The number of rotatable bonds is 9. The van der Waals surface area contributed by atoms with Gasteiger partial charge in [-0.05, 0) is 24.9 Å². The zero-order valence-corrected chi connectivity index (χ0v) is 14.0. The molecule has 2 aromatic rings. The maximum Gasteiger partial charge on any atom is 0.254 e. The monoisotopic (exact) mass is 314 g/mol. The molecule has 0 fully saturated rings. The lowest BCUT2D eigenvalue weighted by molar-refractivity contribution is 0.0953. The summed E-state index contributed by atoms with van der Waals surface area (Å²) in [6.45, 7) is 7.27. The molecule has 0 saturated carbocycles. The fourth-order valence-electron chi connectivity index (χ4n) is 2.53. The minimum atomic E-state index is -0.0422. The Labute approximate surface area is 138 Å². The highest BCUT2D eigenvalue weighted by atomic mass is 16.1. The van der Waals surface area contributed by atoms with Crippen molar-refractivity contribution in [2.75, 3.05) is 19.6 Å². The van der Waals surface area contributed by atoms with E-state index in [4.69, 9.17) is 0 Å². The molecule has 0 aliphatic heterocycles. The van der Waals surface area contributed by atoms with Gasteiger partial charge in [-0.25, -0.2) is 0 Å². The quantitative estimate of drug-likeness (QED) is 0.698. The Bertz CT molecular complexity index is 607. The minimum Gasteiger partial charge on any atom is -0.351 e. The summed E-state index contributed by atoms with van der Waals surface area (Å²) in [4.78, 5) is 12.3. The lowest BCUT2D eigenvalue weighted by atomic mass is 10.1. The predicted octanol–water partition coefficient (Wildman–Crippen LogP) is 2.22. The zero-order valence-electron chi connectivity index (χ0n) is 14.0. The molecule has 124 valence electrons. The summed E-state index contributed by atoms with van der Waals surface area (Å²) in [5, 5.41) is 10.6. The molecular weight excluding hydrogens is 288 g/mol. The normalized spacial score (nSPS) is 10.7. The van der Waals surface area contributed by atoms with Gasteiger partial charge in [0.2, 0.25) is 0 Å². The van der Waals surface area contributed by atoms with Gasteiger partial charge in [0, 0.05) is 13.1 Å². The van der Waals surface area contributed by atoms with Gasteiger partial charge in [-0.2, -0.15) is 5.10 Å². The van der Waals surface area contributed by atoms with Crippen LogP contribution in [0.4, 0.5) is 0 Å². The van der Waals surface area contributed by atoms with Crippen LogP contribution < -0.4 is 10.6 Å². The Morgan fingerprint density at radius 1 is 1.13 bits per heavy atom. The number of amides is 1. The summed E-state index contributed by atoms with van der Waals surface area (Å²) < 4.78 is 1.92. The van der Waals surface area contributed by atoms with Crippen molar-refractivity contribution in [1.82, 2.24) is 20.4 Å². The van der Waals surface area contributed by atoms with E-state index in [1.54, 1.807) is 6.20 Å². The van der Waals surface area contributed by atoms with Crippen LogP contribution in [0.2, 0.25) is 0 Å². The molecule has 0 spiro atoms.